The molecule has 0 unspecified atom stereocenters. The molecule has 2 aromatic heterocycles. The number of aromatic nitrogens is 3. The third kappa shape index (κ3) is 4.42. The molecule has 5 nitrogen and oxygen atoms in total. The Bertz CT molecular complexity index is 945. The third-order valence-corrected chi connectivity index (χ3v) is 6.29. The number of anilines is 1. The molecule has 0 radical (unpaired) electrons. The quantitative estimate of drug-likeness (QED) is 0.571. The maximum Gasteiger partial charge on any atom is 0.234 e. The molecule has 3 aromatic rings. The van der Waals surface area contributed by atoms with Crippen molar-refractivity contribution in [3.05, 3.63) is 45.6 Å². The van der Waals surface area contributed by atoms with Crippen LogP contribution in [-0.4, -0.2) is 26.4 Å². The summed E-state index contributed by atoms with van der Waals surface area (Å²) in [6.07, 6.45) is 0.975. The smallest absolute Gasteiger partial charge is 0.234 e. The molecule has 142 valence electrons. The topological polar surface area (TPSA) is 59.8 Å². The molecule has 0 atom stereocenters. The second-order valence-electron chi connectivity index (χ2n) is 6.29. The Morgan fingerprint density at radius 1 is 1.26 bits per heavy atom. The van der Waals surface area contributed by atoms with Crippen molar-refractivity contribution in [2.24, 2.45) is 0 Å². The first-order valence-electron chi connectivity index (χ1n) is 9.03. The van der Waals surface area contributed by atoms with E-state index in [9.17, 15) is 4.79 Å². The highest BCUT2D eigenvalue weighted by molar-refractivity contribution is 7.99. The van der Waals surface area contributed by atoms with E-state index in [2.05, 4.69) is 46.2 Å². The van der Waals surface area contributed by atoms with Gasteiger partial charge in [-0.1, -0.05) is 30.8 Å². The Hall–Kier alpha value is -2.12. The summed E-state index contributed by atoms with van der Waals surface area (Å²) in [5.74, 6) is 1.15. The molecule has 0 fully saturated rings. The normalized spacial score (nSPS) is 11.0. The Morgan fingerprint density at radius 3 is 2.78 bits per heavy atom. The molecular weight excluding hydrogens is 376 g/mol. The minimum absolute atomic E-state index is 0.0431. The average Bonchev–Trinajstić information content (AvgIpc) is 3.22. The molecule has 0 spiro atoms. The van der Waals surface area contributed by atoms with Gasteiger partial charge in [0.2, 0.25) is 5.91 Å². The molecule has 0 saturated heterocycles. The van der Waals surface area contributed by atoms with E-state index in [0.717, 1.165) is 40.8 Å². The number of nitrogens with zero attached hydrogens (tertiary/aromatic N) is 3. The lowest BCUT2D eigenvalue weighted by Gasteiger charge is -2.09. The number of hydrogen-bond donors (Lipinski definition) is 1. The van der Waals surface area contributed by atoms with Gasteiger partial charge in [-0.05, 0) is 50.5 Å². The van der Waals surface area contributed by atoms with E-state index in [-0.39, 0.29) is 5.91 Å². The number of carbonyl (C=O) groups is 1. The molecule has 27 heavy (non-hydrogen) atoms. The van der Waals surface area contributed by atoms with Gasteiger partial charge in [0.05, 0.1) is 5.75 Å². The monoisotopic (exact) mass is 400 g/mol. The lowest BCUT2D eigenvalue weighted by molar-refractivity contribution is -0.113. The molecule has 1 N–H and O–H groups in total. The van der Waals surface area contributed by atoms with Crippen molar-refractivity contribution in [3.8, 4) is 11.4 Å². The molecule has 0 aliphatic carbocycles. The van der Waals surface area contributed by atoms with E-state index in [1.807, 2.05) is 31.2 Å². The van der Waals surface area contributed by atoms with Crippen molar-refractivity contribution in [2.45, 2.75) is 45.8 Å². The van der Waals surface area contributed by atoms with Crippen molar-refractivity contribution >= 4 is 34.7 Å². The van der Waals surface area contributed by atoms with Gasteiger partial charge in [0, 0.05) is 28.1 Å². The summed E-state index contributed by atoms with van der Waals surface area (Å²) < 4.78 is 2.09. The number of amides is 1. The van der Waals surface area contributed by atoms with E-state index in [1.54, 1.807) is 11.3 Å². The fourth-order valence-electron chi connectivity index (χ4n) is 3.04. The van der Waals surface area contributed by atoms with Crippen LogP contribution in [0.3, 0.4) is 0 Å². The Kier molecular flexibility index (Phi) is 6.34. The molecule has 3 rings (SSSR count). The lowest BCUT2D eigenvalue weighted by Crippen LogP contribution is -2.14. The highest BCUT2D eigenvalue weighted by atomic mass is 32.2. The van der Waals surface area contributed by atoms with Crippen molar-refractivity contribution in [2.75, 3.05) is 11.1 Å². The number of carbonyl (C=O) groups excluding carboxylic acids is 1. The third-order valence-electron chi connectivity index (χ3n) is 4.37. The highest BCUT2D eigenvalue weighted by Gasteiger charge is 2.18. The summed E-state index contributed by atoms with van der Waals surface area (Å²) in [7, 11) is 0. The zero-order valence-corrected chi connectivity index (χ0v) is 17.7. The van der Waals surface area contributed by atoms with E-state index in [1.165, 1.54) is 22.2 Å². The number of thioether (sulfide) groups is 1. The molecule has 2 heterocycles. The van der Waals surface area contributed by atoms with Crippen molar-refractivity contribution in [3.63, 3.8) is 0 Å². The van der Waals surface area contributed by atoms with Crippen LogP contribution >= 0.6 is 23.1 Å². The molecule has 0 bridgehead atoms. The van der Waals surface area contributed by atoms with Crippen LogP contribution in [0.1, 0.15) is 29.9 Å². The molecule has 7 heteroatoms. The summed E-state index contributed by atoms with van der Waals surface area (Å²) in [5.41, 5.74) is 4.43. The summed E-state index contributed by atoms with van der Waals surface area (Å²) in [4.78, 5) is 13.6. The lowest BCUT2D eigenvalue weighted by atomic mass is 10.1. The molecule has 1 aromatic carbocycles. The second kappa shape index (κ2) is 8.71. The number of benzene rings is 1. The zero-order valence-electron chi connectivity index (χ0n) is 16.1. The maximum absolute atomic E-state index is 12.3. The predicted molar refractivity (Wildman–Crippen MR) is 114 cm³/mol. The van der Waals surface area contributed by atoms with Crippen LogP contribution in [0.15, 0.2) is 34.8 Å². The van der Waals surface area contributed by atoms with Gasteiger partial charge in [-0.15, -0.1) is 21.5 Å². The van der Waals surface area contributed by atoms with E-state index in [0.29, 0.717) is 5.75 Å². The zero-order chi connectivity index (χ0) is 19.4. The number of aryl methyl sites for hydroxylation is 2. The van der Waals surface area contributed by atoms with Crippen LogP contribution in [0.2, 0.25) is 0 Å². The fourth-order valence-corrected chi connectivity index (χ4v) is 4.78. The molecule has 0 aliphatic heterocycles. The Balaban J connectivity index is 1.72. The van der Waals surface area contributed by atoms with Crippen LogP contribution in [0.4, 0.5) is 5.69 Å². The van der Waals surface area contributed by atoms with Gasteiger partial charge in [-0.3, -0.25) is 4.79 Å². The number of rotatable bonds is 7. The SMILES string of the molecule is CCc1c(-c2nnc(SCC(=O)Nc3cccc(C)c3)n2CC)csc1C. The average molecular weight is 401 g/mol. The molecule has 0 aliphatic rings. The van der Waals surface area contributed by atoms with Crippen molar-refractivity contribution < 1.29 is 4.79 Å². The Morgan fingerprint density at radius 2 is 2.07 bits per heavy atom. The standard InChI is InChI=1S/C20H24N4OS2/c1-5-16-14(4)26-11-17(16)19-22-23-20(24(19)6-2)27-12-18(25)21-15-9-7-8-13(3)10-15/h7-11H,5-6,12H2,1-4H3,(H,21,25). The maximum atomic E-state index is 12.3. The van der Waals surface area contributed by atoms with Crippen LogP contribution < -0.4 is 5.32 Å². The van der Waals surface area contributed by atoms with Gasteiger partial charge in [0.25, 0.3) is 0 Å². The minimum atomic E-state index is -0.0431. The van der Waals surface area contributed by atoms with Gasteiger partial charge < -0.3 is 9.88 Å². The number of hydrogen-bond acceptors (Lipinski definition) is 5. The fraction of sp³-hybridized carbons (Fsp3) is 0.350. The first-order valence-corrected chi connectivity index (χ1v) is 10.9. The number of nitrogens with one attached hydrogen (secondary N) is 1. The highest BCUT2D eigenvalue weighted by Crippen LogP contribution is 2.32. The van der Waals surface area contributed by atoms with Gasteiger partial charge in [0.15, 0.2) is 11.0 Å². The second-order valence-corrected chi connectivity index (χ2v) is 8.32. The molecular formula is C20H24N4OS2. The minimum Gasteiger partial charge on any atom is -0.325 e. The molecule has 1 amide bonds. The summed E-state index contributed by atoms with van der Waals surface area (Å²) in [6.45, 7) is 9.16. The molecule has 0 saturated carbocycles. The largest absolute Gasteiger partial charge is 0.325 e. The first kappa shape index (κ1) is 19.6. The first-order chi connectivity index (χ1) is 13.0. The van der Waals surface area contributed by atoms with E-state index >= 15 is 0 Å². The van der Waals surface area contributed by atoms with E-state index in [4.69, 9.17) is 0 Å². The summed E-state index contributed by atoms with van der Waals surface area (Å²) in [5, 5.41) is 14.6. The van der Waals surface area contributed by atoms with Crippen LogP contribution in [-0.2, 0) is 17.8 Å². The van der Waals surface area contributed by atoms with Gasteiger partial charge in [-0.25, -0.2) is 0 Å². The van der Waals surface area contributed by atoms with E-state index < -0.39 is 0 Å². The van der Waals surface area contributed by atoms with Crippen LogP contribution in [0, 0.1) is 13.8 Å². The van der Waals surface area contributed by atoms with Crippen LogP contribution in [0.5, 0.6) is 0 Å². The summed E-state index contributed by atoms with van der Waals surface area (Å²) >= 11 is 3.17. The van der Waals surface area contributed by atoms with Gasteiger partial charge in [-0.2, -0.15) is 0 Å². The predicted octanol–water partition coefficient (Wildman–Crippen LogP) is 4.94. The van der Waals surface area contributed by atoms with Crippen LogP contribution in [0.25, 0.3) is 11.4 Å². The van der Waals surface area contributed by atoms with Gasteiger partial charge >= 0.3 is 0 Å². The number of thiophene rings is 1. The summed E-state index contributed by atoms with van der Waals surface area (Å²) in [6, 6.07) is 7.80. The van der Waals surface area contributed by atoms with Gasteiger partial charge in [0.1, 0.15) is 0 Å². The van der Waals surface area contributed by atoms with Crippen molar-refractivity contribution in [1.82, 2.24) is 14.8 Å². The van der Waals surface area contributed by atoms with Crippen molar-refractivity contribution in [1.29, 1.82) is 0 Å². The Labute approximate surface area is 168 Å².